The Bertz CT molecular complexity index is 983. The third-order valence-corrected chi connectivity index (χ3v) is 5.00. The standard InChI is InChI=1S/C14H13BrN6O2S/c1-7-5-9(3-4-10(7)15)16-11(22)6-24-14-19-18-13-17-12(23)8(2)20-21(13)14/h3-5H,6H2,1-2H3,(H,16,22)(H,17,18,23). The summed E-state index contributed by atoms with van der Waals surface area (Å²) in [5.41, 5.74) is 1.76. The minimum atomic E-state index is -0.310. The van der Waals surface area contributed by atoms with Crippen LogP contribution in [0.25, 0.3) is 5.78 Å². The van der Waals surface area contributed by atoms with Gasteiger partial charge in [0.05, 0.1) is 5.75 Å². The maximum atomic E-state index is 12.1. The lowest BCUT2D eigenvalue weighted by Crippen LogP contribution is -2.16. The number of hydrogen-bond acceptors (Lipinski definition) is 6. The number of amides is 1. The number of carbonyl (C=O) groups is 1. The molecule has 0 aliphatic rings. The van der Waals surface area contributed by atoms with E-state index in [9.17, 15) is 9.59 Å². The molecule has 0 aliphatic carbocycles. The number of nitrogens with zero attached hydrogens (tertiary/aromatic N) is 4. The molecule has 3 rings (SSSR count). The van der Waals surface area contributed by atoms with Crippen LogP contribution in [0, 0.1) is 13.8 Å². The summed E-state index contributed by atoms with van der Waals surface area (Å²) in [7, 11) is 0. The van der Waals surface area contributed by atoms with Crippen molar-refractivity contribution in [3.05, 3.63) is 44.3 Å². The molecule has 124 valence electrons. The normalized spacial score (nSPS) is 11.0. The zero-order valence-corrected chi connectivity index (χ0v) is 15.2. The number of aromatic amines is 1. The summed E-state index contributed by atoms with van der Waals surface area (Å²) in [5, 5.41) is 15.2. The molecule has 2 N–H and O–H groups in total. The SMILES string of the molecule is Cc1cc(NC(=O)CSc2nnc3[nH]c(=O)c(C)nn23)ccc1Br. The molecule has 0 aliphatic heterocycles. The second-order valence-electron chi connectivity index (χ2n) is 5.06. The van der Waals surface area contributed by atoms with Gasteiger partial charge in [-0.25, -0.2) is 0 Å². The van der Waals surface area contributed by atoms with Crippen LogP contribution in [-0.4, -0.2) is 36.5 Å². The number of aryl methyl sites for hydroxylation is 2. The van der Waals surface area contributed by atoms with Gasteiger partial charge in [0, 0.05) is 10.2 Å². The molecule has 0 atom stereocenters. The van der Waals surface area contributed by atoms with E-state index in [-0.39, 0.29) is 23.0 Å². The van der Waals surface area contributed by atoms with E-state index in [0.29, 0.717) is 10.9 Å². The highest BCUT2D eigenvalue weighted by molar-refractivity contribution is 9.10. The number of fused-ring (bicyclic) bond motifs is 1. The fourth-order valence-corrected chi connectivity index (χ4v) is 2.89. The van der Waals surface area contributed by atoms with Gasteiger partial charge in [0.25, 0.3) is 11.3 Å². The van der Waals surface area contributed by atoms with Gasteiger partial charge in [-0.2, -0.15) is 9.61 Å². The van der Waals surface area contributed by atoms with Crippen molar-refractivity contribution < 1.29 is 4.79 Å². The Morgan fingerprint density at radius 3 is 2.92 bits per heavy atom. The number of thioether (sulfide) groups is 1. The molecule has 2 aromatic heterocycles. The molecule has 0 saturated carbocycles. The number of carbonyl (C=O) groups excluding carboxylic acids is 1. The number of rotatable bonds is 4. The van der Waals surface area contributed by atoms with Gasteiger partial charge in [-0.15, -0.1) is 10.2 Å². The Labute approximate surface area is 149 Å². The van der Waals surface area contributed by atoms with Crippen molar-refractivity contribution in [1.29, 1.82) is 0 Å². The van der Waals surface area contributed by atoms with Gasteiger partial charge in [0.15, 0.2) is 0 Å². The maximum Gasteiger partial charge on any atom is 0.273 e. The van der Waals surface area contributed by atoms with Gasteiger partial charge >= 0.3 is 0 Å². The molecule has 2 heterocycles. The van der Waals surface area contributed by atoms with Crippen molar-refractivity contribution in [2.75, 3.05) is 11.1 Å². The molecule has 10 heteroatoms. The molecule has 0 fully saturated rings. The summed E-state index contributed by atoms with van der Waals surface area (Å²) < 4.78 is 2.40. The molecule has 0 bridgehead atoms. The zero-order chi connectivity index (χ0) is 17.3. The first-order chi connectivity index (χ1) is 11.4. The van der Waals surface area contributed by atoms with E-state index in [1.54, 1.807) is 6.92 Å². The molecule has 0 radical (unpaired) electrons. The fourth-order valence-electron chi connectivity index (χ4n) is 1.96. The number of halogens is 1. The van der Waals surface area contributed by atoms with Gasteiger partial charge in [-0.3, -0.25) is 14.6 Å². The first-order valence-electron chi connectivity index (χ1n) is 6.95. The summed E-state index contributed by atoms with van der Waals surface area (Å²) in [6.07, 6.45) is 0. The highest BCUT2D eigenvalue weighted by Gasteiger charge is 2.12. The lowest BCUT2D eigenvalue weighted by atomic mass is 10.2. The van der Waals surface area contributed by atoms with Crippen molar-refractivity contribution >= 4 is 45.1 Å². The smallest absolute Gasteiger partial charge is 0.273 e. The molecule has 0 spiro atoms. The minimum absolute atomic E-state index is 0.149. The van der Waals surface area contributed by atoms with Crippen LogP contribution in [0.3, 0.4) is 0 Å². The summed E-state index contributed by atoms with van der Waals surface area (Å²) in [5.74, 6) is 0.229. The largest absolute Gasteiger partial charge is 0.325 e. The van der Waals surface area contributed by atoms with Gasteiger partial charge in [-0.1, -0.05) is 27.7 Å². The van der Waals surface area contributed by atoms with E-state index in [2.05, 4.69) is 41.5 Å². The van der Waals surface area contributed by atoms with Gasteiger partial charge in [-0.05, 0) is 37.6 Å². The van der Waals surface area contributed by atoms with Crippen molar-refractivity contribution in [2.24, 2.45) is 0 Å². The second kappa shape index (κ2) is 6.73. The molecule has 1 amide bonds. The molecule has 0 unspecified atom stereocenters. The van der Waals surface area contributed by atoms with Crippen LogP contribution in [0.1, 0.15) is 11.3 Å². The lowest BCUT2D eigenvalue weighted by Gasteiger charge is -2.06. The summed E-state index contributed by atoms with van der Waals surface area (Å²) in [4.78, 5) is 26.1. The zero-order valence-electron chi connectivity index (χ0n) is 12.8. The Hall–Kier alpha value is -2.20. The summed E-state index contributed by atoms with van der Waals surface area (Å²) in [6.45, 7) is 3.54. The van der Waals surface area contributed by atoms with Gasteiger partial charge in [0.2, 0.25) is 11.1 Å². The third-order valence-electron chi connectivity index (χ3n) is 3.19. The average molecular weight is 409 g/mol. The van der Waals surface area contributed by atoms with Crippen molar-refractivity contribution in [1.82, 2.24) is 24.8 Å². The van der Waals surface area contributed by atoms with E-state index < -0.39 is 0 Å². The molecule has 8 nitrogen and oxygen atoms in total. The Morgan fingerprint density at radius 2 is 2.17 bits per heavy atom. The summed E-state index contributed by atoms with van der Waals surface area (Å²) in [6, 6.07) is 5.59. The monoisotopic (exact) mass is 408 g/mol. The van der Waals surface area contributed by atoms with Crippen LogP contribution >= 0.6 is 27.7 Å². The maximum absolute atomic E-state index is 12.1. The summed E-state index contributed by atoms with van der Waals surface area (Å²) >= 11 is 4.61. The number of nitrogens with one attached hydrogen (secondary N) is 2. The van der Waals surface area contributed by atoms with Crippen LogP contribution < -0.4 is 10.9 Å². The Balaban J connectivity index is 1.69. The quantitative estimate of drug-likeness (QED) is 0.638. The average Bonchev–Trinajstić information content (AvgIpc) is 2.91. The van der Waals surface area contributed by atoms with Gasteiger partial charge < -0.3 is 5.32 Å². The topological polar surface area (TPSA) is 105 Å². The first-order valence-corrected chi connectivity index (χ1v) is 8.73. The van der Waals surface area contributed by atoms with Crippen LogP contribution in [0.15, 0.2) is 32.6 Å². The first kappa shape index (κ1) is 16.7. The van der Waals surface area contributed by atoms with E-state index in [1.165, 1.54) is 16.3 Å². The molecular weight excluding hydrogens is 396 g/mol. The Kier molecular flexibility index (Phi) is 4.67. The fraction of sp³-hybridized carbons (Fsp3) is 0.214. The van der Waals surface area contributed by atoms with Gasteiger partial charge in [0.1, 0.15) is 5.69 Å². The highest BCUT2D eigenvalue weighted by atomic mass is 79.9. The predicted octanol–water partition coefficient (Wildman–Crippen LogP) is 1.92. The van der Waals surface area contributed by atoms with Crippen LogP contribution in [0.5, 0.6) is 0 Å². The molecule has 3 aromatic rings. The van der Waals surface area contributed by atoms with Crippen molar-refractivity contribution in [3.8, 4) is 0 Å². The molecular formula is C14H13BrN6O2S. The van der Waals surface area contributed by atoms with E-state index in [0.717, 1.165) is 15.7 Å². The van der Waals surface area contributed by atoms with E-state index in [1.807, 2.05) is 25.1 Å². The number of anilines is 1. The predicted molar refractivity (Wildman–Crippen MR) is 94.4 cm³/mol. The molecule has 24 heavy (non-hydrogen) atoms. The van der Waals surface area contributed by atoms with Crippen LogP contribution in [-0.2, 0) is 4.79 Å². The number of hydrogen-bond donors (Lipinski definition) is 2. The molecule has 1 aromatic carbocycles. The van der Waals surface area contributed by atoms with Crippen molar-refractivity contribution in [3.63, 3.8) is 0 Å². The lowest BCUT2D eigenvalue weighted by molar-refractivity contribution is -0.113. The second-order valence-corrected chi connectivity index (χ2v) is 6.86. The van der Waals surface area contributed by atoms with Crippen molar-refractivity contribution in [2.45, 2.75) is 19.0 Å². The van der Waals surface area contributed by atoms with E-state index in [4.69, 9.17) is 0 Å². The Morgan fingerprint density at radius 1 is 1.38 bits per heavy atom. The number of benzene rings is 1. The number of H-pyrrole nitrogens is 1. The van der Waals surface area contributed by atoms with Crippen LogP contribution in [0.4, 0.5) is 5.69 Å². The van der Waals surface area contributed by atoms with E-state index >= 15 is 0 Å². The minimum Gasteiger partial charge on any atom is -0.325 e. The third kappa shape index (κ3) is 3.49. The number of aromatic nitrogens is 5. The highest BCUT2D eigenvalue weighted by Crippen LogP contribution is 2.21. The van der Waals surface area contributed by atoms with Crippen LogP contribution in [0.2, 0.25) is 0 Å². The molecule has 0 saturated heterocycles.